The molecule has 0 aliphatic carbocycles. The average Bonchev–Trinajstić information content (AvgIpc) is 3.06. The fourth-order valence-corrected chi connectivity index (χ4v) is 3.09. The van der Waals surface area contributed by atoms with Crippen LogP contribution in [0.2, 0.25) is 0 Å². The third-order valence-electron chi connectivity index (χ3n) is 4.57. The molecule has 5 nitrogen and oxygen atoms in total. The average molecular weight is 338 g/mol. The second-order valence-corrected chi connectivity index (χ2v) is 6.25. The molecule has 0 saturated heterocycles. The van der Waals surface area contributed by atoms with E-state index >= 15 is 0 Å². The third kappa shape index (κ3) is 3.42. The number of anilines is 2. The van der Waals surface area contributed by atoms with E-state index in [0.717, 1.165) is 28.8 Å². The lowest BCUT2D eigenvalue weighted by Gasteiger charge is -2.16. The standard InChI is InChI=1S/C20H22N2O3/c1-3-19(24)22-9-8-15-11-16(6-7-18(15)22)20(25)21-17-10-14(12-23)5-4-13(17)2/h4-7,10-11,23H,3,8-9,12H2,1-2H3,(H,21,25). The topological polar surface area (TPSA) is 69.6 Å². The smallest absolute Gasteiger partial charge is 0.255 e. The number of aryl methyl sites for hydroxylation is 1. The van der Waals surface area contributed by atoms with Gasteiger partial charge in [-0.05, 0) is 54.3 Å². The quantitative estimate of drug-likeness (QED) is 0.900. The Morgan fingerprint density at radius 3 is 2.72 bits per heavy atom. The molecule has 0 spiro atoms. The first kappa shape index (κ1) is 17.2. The molecule has 0 radical (unpaired) electrons. The van der Waals surface area contributed by atoms with E-state index in [1.807, 2.05) is 38.1 Å². The minimum Gasteiger partial charge on any atom is -0.392 e. The Morgan fingerprint density at radius 1 is 1.20 bits per heavy atom. The maximum absolute atomic E-state index is 12.6. The lowest BCUT2D eigenvalue weighted by molar-refractivity contribution is -0.118. The lowest BCUT2D eigenvalue weighted by atomic mass is 10.1. The van der Waals surface area contributed by atoms with E-state index < -0.39 is 0 Å². The summed E-state index contributed by atoms with van der Waals surface area (Å²) in [5, 5.41) is 12.2. The van der Waals surface area contributed by atoms with Gasteiger partial charge >= 0.3 is 0 Å². The summed E-state index contributed by atoms with van der Waals surface area (Å²) in [7, 11) is 0. The highest BCUT2D eigenvalue weighted by Gasteiger charge is 2.24. The Bertz CT molecular complexity index is 830. The molecule has 0 atom stereocenters. The number of benzene rings is 2. The number of aliphatic hydroxyl groups is 1. The van der Waals surface area contributed by atoms with Gasteiger partial charge in [-0.2, -0.15) is 0 Å². The molecule has 0 aromatic heterocycles. The summed E-state index contributed by atoms with van der Waals surface area (Å²) in [6, 6.07) is 10.9. The molecule has 0 bridgehead atoms. The summed E-state index contributed by atoms with van der Waals surface area (Å²) >= 11 is 0. The van der Waals surface area contributed by atoms with Crippen LogP contribution in [0.1, 0.15) is 40.4 Å². The molecular formula is C20H22N2O3. The van der Waals surface area contributed by atoms with Gasteiger partial charge in [-0.3, -0.25) is 9.59 Å². The van der Waals surface area contributed by atoms with Crippen LogP contribution in [0.4, 0.5) is 11.4 Å². The first-order valence-electron chi connectivity index (χ1n) is 8.48. The van der Waals surface area contributed by atoms with Gasteiger partial charge in [0, 0.05) is 29.9 Å². The van der Waals surface area contributed by atoms with Gasteiger partial charge < -0.3 is 15.3 Å². The number of fused-ring (bicyclic) bond motifs is 1. The number of carbonyl (C=O) groups excluding carboxylic acids is 2. The molecule has 25 heavy (non-hydrogen) atoms. The molecule has 0 saturated carbocycles. The monoisotopic (exact) mass is 338 g/mol. The first-order chi connectivity index (χ1) is 12.0. The van der Waals surface area contributed by atoms with Crippen LogP contribution in [-0.4, -0.2) is 23.5 Å². The zero-order chi connectivity index (χ0) is 18.0. The summed E-state index contributed by atoms with van der Waals surface area (Å²) in [4.78, 5) is 26.3. The Morgan fingerprint density at radius 2 is 2.00 bits per heavy atom. The van der Waals surface area contributed by atoms with E-state index in [-0.39, 0.29) is 18.4 Å². The third-order valence-corrected chi connectivity index (χ3v) is 4.57. The maximum atomic E-state index is 12.6. The van der Waals surface area contributed by atoms with Crippen LogP contribution in [0, 0.1) is 6.92 Å². The maximum Gasteiger partial charge on any atom is 0.255 e. The number of hydrogen-bond donors (Lipinski definition) is 2. The van der Waals surface area contributed by atoms with E-state index in [0.29, 0.717) is 24.2 Å². The van der Waals surface area contributed by atoms with Gasteiger partial charge in [-0.15, -0.1) is 0 Å². The molecule has 0 fully saturated rings. The van der Waals surface area contributed by atoms with Crippen LogP contribution in [0.3, 0.4) is 0 Å². The number of hydrogen-bond acceptors (Lipinski definition) is 3. The summed E-state index contributed by atoms with van der Waals surface area (Å²) in [6.07, 6.45) is 1.24. The fraction of sp³-hybridized carbons (Fsp3) is 0.300. The van der Waals surface area contributed by atoms with Gasteiger partial charge in [0.25, 0.3) is 5.91 Å². The van der Waals surface area contributed by atoms with E-state index in [9.17, 15) is 14.7 Å². The van der Waals surface area contributed by atoms with E-state index in [1.165, 1.54) is 0 Å². The minimum atomic E-state index is -0.193. The predicted molar refractivity (Wildman–Crippen MR) is 97.8 cm³/mol. The van der Waals surface area contributed by atoms with E-state index in [4.69, 9.17) is 0 Å². The van der Waals surface area contributed by atoms with Crippen LogP contribution in [-0.2, 0) is 17.8 Å². The van der Waals surface area contributed by atoms with Crippen LogP contribution in [0.5, 0.6) is 0 Å². The van der Waals surface area contributed by atoms with Crippen molar-refractivity contribution in [3.05, 3.63) is 58.7 Å². The van der Waals surface area contributed by atoms with Crippen molar-refractivity contribution in [2.24, 2.45) is 0 Å². The van der Waals surface area contributed by atoms with Gasteiger partial charge in [0.1, 0.15) is 0 Å². The number of nitrogens with zero attached hydrogens (tertiary/aromatic N) is 1. The minimum absolute atomic E-state index is 0.0662. The molecule has 1 heterocycles. The summed E-state index contributed by atoms with van der Waals surface area (Å²) in [5.41, 5.74) is 4.88. The van der Waals surface area contributed by atoms with Crippen LogP contribution < -0.4 is 10.2 Å². The van der Waals surface area contributed by atoms with Gasteiger partial charge in [0.2, 0.25) is 5.91 Å². The number of nitrogens with one attached hydrogen (secondary N) is 1. The van der Waals surface area contributed by atoms with Crippen molar-refractivity contribution in [1.82, 2.24) is 0 Å². The highest BCUT2D eigenvalue weighted by Crippen LogP contribution is 2.29. The molecule has 2 amide bonds. The Labute approximate surface area is 147 Å². The summed E-state index contributed by atoms with van der Waals surface area (Å²) in [5.74, 6) is -0.0892. The van der Waals surface area contributed by atoms with Crippen molar-refractivity contribution in [2.75, 3.05) is 16.8 Å². The largest absolute Gasteiger partial charge is 0.392 e. The molecule has 1 aliphatic heterocycles. The molecule has 1 aliphatic rings. The van der Waals surface area contributed by atoms with Crippen molar-refractivity contribution >= 4 is 23.2 Å². The van der Waals surface area contributed by atoms with E-state index in [2.05, 4.69) is 5.32 Å². The van der Waals surface area contributed by atoms with Crippen molar-refractivity contribution in [3.63, 3.8) is 0 Å². The van der Waals surface area contributed by atoms with Crippen LogP contribution in [0.15, 0.2) is 36.4 Å². The van der Waals surface area contributed by atoms with Crippen molar-refractivity contribution in [3.8, 4) is 0 Å². The predicted octanol–water partition coefficient (Wildman–Crippen LogP) is 3.04. The SMILES string of the molecule is CCC(=O)N1CCc2cc(C(=O)Nc3cc(CO)ccc3C)ccc21. The van der Waals surface area contributed by atoms with E-state index in [1.54, 1.807) is 17.0 Å². The second kappa shape index (κ2) is 7.07. The zero-order valence-corrected chi connectivity index (χ0v) is 14.5. The Balaban J connectivity index is 1.82. The summed E-state index contributed by atoms with van der Waals surface area (Å²) < 4.78 is 0. The molecule has 2 aromatic carbocycles. The highest BCUT2D eigenvalue weighted by atomic mass is 16.3. The van der Waals surface area contributed by atoms with Crippen molar-refractivity contribution < 1.29 is 14.7 Å². The van der Waals surface area contributed by atoms with Gasteiger partial charge in [-0.25, -0.2) is 0 Å². The number of carbonyl (C=O) groups is 2. The first-order valence-corrected chi connectivity index (χ1v) is 8.48. The molecule has 2 aromatic rings. The molecule has 3 rings (SSSR count). The number of aliphatic hydroxyl groups excluding tert-OH is 1. The molecule has 5 heteroatoms. The molecule has 2 N–H and O–H groups in total. The second-order valence-electron chi connectivity index (χ2n) is 6.25. The van der Waals surface area contributed by atoms with Crippen LogP contribution >= 0.6 is 0 Å². The number of amides is 2. The Kier molecular flexibility index (Phi) is 4.86. The highest BCUT2D eigenvalue weighted by molar-refractivity contribution is 6.05. The Hall–Kier alpha value is -2.66. The number of rotatable bonds is 4. The lowest BCUT2D eigenvalue weighted by Crippen LogP contribution is -2.27. The molecule has 130 valence electrons. The van der Waals surface area contributed by atoms with Crippen molar-refractivity contribution in [1.29, 1.82) is 0 Å². The van der Waals surface area contributed by atoms with Crippen LogP contribution in [0.25, 0.3) is 0 Å². The molecule has 0 unspecified atom stereocenters. The summed E-state index contributed by atoms with van der Waals surface area (Å²) in [6.45, 7) is 4.37. The normalized spacial score (nSPS) is 12.8. The molecular weight excluding hydrogens is 316 g/mol. The van der Waals surface area contributed by atoms with Crippen molar-refractivity contribution in [2.45, 2.75) is 33.3 Å². The fourth-order valence-electron chi connectivity index (χ4n) is 3.09. The zero-order valence-electron chi connectivity index (χ0n) is 14.5. The van der Waals surface area contributed by atoms with Gasteiger partial charge in [0.15, 0.2) is 0 Å². The van der Waals surface area contributed by atoms with Gasteiger partial charge in [0.05, 0.1) is 6.61 Å². The van der Waals surface area contributed by atoms with Gasteiger partial charge in [-0.1, -0.05) is 19.1 Å².